The van der Waals surface area contributed by atoms with Crippen LogP contribution in [0.1, 0.15) is 16.4 Å². The van der Waals surface area contributed by atoms with Crippen LogP contribution in [0.4, 0.5) is 22.0 Å². The number of hydrogen-bond donors (Lipinski definition) is 0. The van der Waals surface area contributed by atoms with Gasteiger partial charge in [-0.3, -0.25) is 0 Å². The van der Waals surface area contributed by atoms with E-state index in [1.165, 1.54) is 0 Å². The Labute approximate surface area is 117 Å². The average Bonchev–Trinajstić information content (AvgIpc) is 2.89. The molecule has 10 heteroatoms. The molecule has 2 heterocycles. The van der Waals surface area contributed by atoms with E-state index >= 15 is 0 Å². The van der Waals surface area contributed by atoms with Crippen LogP contribution < -0.4 is 0 Å². The highest BCUT2D eigenvalue weighted by Crippen LogP contribution is 2.32. The number of aromatic nitrogens is 4. The molecule has 0 amide bonds. The maximum Gasteiger partial charge on any atom is 0.445 e. The number of fused-ring (bicyclic) bond motifs is 1. The van der Waals surface area contributed by atoms with Crippen molar-refractivity contribution in [3.8, 4) is 0 Å². The van der Waals surface area contributed by atoms with Crippen molar-refractivity contribution in [1.82, 2.24) is 19.8 Å². The summed E-state index contributed by atoms with van der Waals surface area (Å²) in [6.45, 7) is 0. The zero-order chi connectivity index (χ0) is 15.2. The molecule has 0 saturated heterocycles. The number of nitrogens with zero attached hydrogens (tertiary/aromatic N) is 4. The van der Waals surface area contributed by atoms with E-state index in [-0.39, 0.29) is 22.8 Å². The predicted molar refractivity (Wildman–Crippen MR) is 62.8 cm³/mol. The van der Waals surface area contributed by atoms with Gasteiger partial charge in [0.1, 0.15) is 11.6 Å². The fourth-order valence-electron chi connectivity index (χ4n) is 1.78. The minimum absolute atomic E-state index is 0.0331. The normalized spacial score (nSPS) is 12.2. The summed E-state index contributed by atoms with van der Waals surface area (Å²) in [7, 11) is 0. The van der Waals surface area contributed by atoms with Gasteiger partial charge in [-0.05, 0) is 17.7 Å². The third-order valence-electron chi connectivity index (χ3n) is 2.58. The molecule has 0 spiro atoms. The molecule has 0 saturated carbocycles. The SMILES string of the molecule is Fc1cc(F)cc(Cc2nnc3sc(C(F)(F)F)nn23)c1. The molecule has 0 radical (unpaired) electrons. The van der Waals surface area contributed by atoms with Gasteiger partial charge in [0.05, 0.1) is 0 Å². The third-order valence-corrected chi connectivity index (χ3v) is 3.53. The Balaban J connectivity index is 1.99. The van der Waals surface area contributed by atoms with Crippen LogP contribution in [-0.4, -0.2) is 19.8 Å². The topological polar surface area (TPSA) is 43.1 Å². The van der Waals surface area contributed by atoms with Gasteiger partial charge in [-0.2, -0.15) is 17.7 Å². The second-order valence-corrected chi connectivity index (χ2v) is 5.13. The summed E-state index contributed by atoms with van der Waals surface area (Å²) in [5, 5.41) is 9.58. The minimum atomic E-state index is -4.58. The third kappa shape index (κ3) is 2.71. The molecule has 1 aromatic carbocycles. The van der Waals surface area contributed by atoms with Crippen molar-refractivity contribution in [3.05, 3.63) is 46.2 Å². The summed E-state index contributed by atoms with van der Waals surface area (Å²) in [4.78, 5) is -0.0331. The van der Waals surface area contributed by atoms with Crippen molar-refractivity contribution in [1.29, 1.82) is 0 Å². The van der Waals surface area contributed by atoms with Crippen LogP contribution in [0.3, 0.4) is 0 Å². The lowest BCUT2D eigenvalue weighted by atomic mass is 10.1. The molecule has 0 fully saturated rings. The molecule has 3 rings (SSSR count). The van der Waals surface area contributed by atoms with Gasteiger partial charge < -0.3 is 0 Å². The first-order valence-electron chi connectivity index (χ1n) is 5.56. The van der Waals surface area contributed by atoms with Gasteiger partial charge in [0.25, 0.3) is 0 Å². The van der Waals surface area contributed by atoms with Crippen molar-refractivity contribution >= 4 is 16.3 Å². The van der Waals surface area contributed by atoms with Gasteiger partial charge in [-0.25, -0.2) is 8.78 Å². The number of hydrogen-bond acceptors (Lipinski definition) is 4. The lowest BCUT2D eigenvalue weighted by Gasteiger charge is -2.00. The summed E-state index contributed by atoms with van der Waals surface area (Å²) >= 11 is 0.347. The Morgan fingerprint density at radius 2 is 1.71 bits per heavy atom. The first-order chi connectivity index (χ1) is 9.83. The predicted octanol–water partition coefficient (Wildman–Crippen LogP) is 3.07. The molecule has 21 heavy (non-hydrogen) atoms. The first kappa shape index (κ1) is 13.9. The molecule has 4 nitrogen and oxygen atoms in total. The van der Waals surface area contributed by atoms with Crippen LogP contribution in [0.5, 0.6) is 0 Å². The minimum Gasteiger partial charge on any atom is -0.207 e. The van der Waals surface area contributed by atoms with Crippen molar-refractivity contribution < 1.29 is 22.0 Å². The Hall–Kier alpha value is -2.10. The van der Waals surface area contributed by atoms with Crippen LogP contribution in [0.25, 0.3) is 4.96 Å². The molecule has 0 aliphatic heterocycles. The molecule has 0 bridgehead atoms. The fraction of sp³-hybridized carbons (Fsp3) is 0.182. The lowest BCUT2D eigenvalue weighted by Crippen LogP contribution is -2.06. The highest BCUT2D eigenvalue weighted by Gasteiger charge is 2.36. The molecule has 0 atom stereocenters. The number of benzene rings is 1. The molecule has 0 unspecified atom stereocenters. The van der Waals surface area contributed by atoms with E-state index in [1.54, 1.807) is 0 Å². The smallest absolute Gasteiger partial charge is 0.207 e. The Morgan fingerprint density at radius 1 is 1.05 bits per heavy atom. The van der Waals surface area contributed by atoms with E-state index in [4.69, 9.17) is 0 Å². The molecular weight excluding hydrogens is 315 g/mol. The Bertz CT molecular complexity index is 786. The molecule has 2 aromatic heterocycles. The Kier molecular flexibility index (Phi) is 3.12. The Morgan fingerprint density at radius 3 is 2.33 bits per heavy atom. The van der Waals surface area contributed by atoms with E-state index in [0.717, 1.165) is 16.6 Å². The summed E-state index contributed by atoms with van der Waals surface area (Å²) in [6.07, 6.45) is -4.66. The van der Waals surface area contributed by atoms with Gasteiger partial charge in [0, 0.05) is 12.5 Å². The fourth-order valence-corrected chi connectivity index (χ4v) is 2.50. The molecular formula is C11H5F5N4S. The zero-order valence-corrected chi connectivity index (χ0v) is 10.8. The first-order valence-corrected chi connectivity index (χ1v) is 6.38. The molecule has 0 N–H and O–H groups in total. The summed E-state index contributed by atoms with van der Waals surface area (Å²) in [5.74, 6) is -1.48. The van der Waals surface area contributed by atoms with E-state index < -0.39 is 22.8 Å². The van der Waals surface area contributed by atoms with Crippen LogP contribution in [0, 0.1) is 11.6 Å². The highest BCUT2D eigenvalue weighted by atomic mass is 32.1. The van der Waals surface area contributed by atoms with E-state index in [1.807, 2.05) is 0 Å². The van der Waals surface area contributed by atoms with Crippen LogP contribution in [-0.2, 0) is 12.6 Å². The lowest BCUT2D eigenvalue weighted by molar-refractivity contribution is -0.138. The van der Waals surface area contributed by atoms with Gasteiger partial charge >= 0.3 is 6.18 Å². The van der Waals surface area contributed by atoms with E-state index in [2.05, 4.69) is 15.3 Å². The monoisotopic (exact) mass is 320 g/mol. The van der Waals surface area contributed by atoms with Crippen molar-refractivity contribution in [2.24, 2.45) is 0 Å². The van der Waals surface area contributed by atoms with Crippen LogP contribution in [0.2, 0.25) is 0 Å². The average molecular weight is 320 g/mol. The van der Waals surface area contributed by atoms with Gasteiger partial charge in [0.15, 0.2) is 5.82 Å². The standard InChI is InChI=1S/C11H5F5N4S/c12-6-1-5(2-7(13)4-6)3-8-17-18-10-20(8)19-9(21-10)11(14,15)16/h1-2,4H,3H2. The second-order valence-electron chi connectivity index (χ2n) is 4.17. The zero-order valence-electron chi connectivity index (χ0n) is 10.0. The second kappa shape index (κ2) is 4.72. The molecule has 0 aliphatic rings. The van der Waals surface area contributed by atoms with Crippen molar-refractivity contribution in [2.45, 2.75) is 12.6 Å². The van der Waals surface area contributed by atoms with Gasteiger partial charge in [-0.15, -0.1) is 15.3 Å². The number of halogens is 5. The highest BCUT2D eigenvalue weighted by molar-refractivity contribution is 7.16. The van der Waals surface area contributed by atoms with E-state index in [0.29, 0.717) is 17.4 Å². The van der Waals surface area contributed by atoms with Gasteiger partial charge in [0.2, 0.25) is 9.97 Å². The summed E-state index contributed by atoms with van der Waals surface area (Å²) in [6, 6.07) is 2.84. The van der Waals surface area contributed by atoms with Gasteiger partial charge in [-0.1, -0.05) is 11.3 Å². The van der Waals surface area contributed by atoms with Crippen molar-refractivity contribution in [2.75, 3.05) is 0 Å². The maximum absolute atomic E-state index is 13.1. The van der Waals surface area contributed by atoms with E-state index in [9.17, 15) is 22.0 Å². The largest absolute Gasteiger partial charge is 0.445 e. The number of rotatable bonds is 2. The van der Waals surface area contributed by atoms with Crippen LogP contribution >= 0.6 is 11.3 Å². The van der Waals surface area contributed by atoms with Crippen LogP contribution in [0.15, 0.2) is 18.2 Å². The number of alkyl halides is 3. The quantitative estimate of drug-likeness (QED) is 0.682. The summed E-state index contributed by atoms with van der Waals surface area (Å²) < 4.78 is 64.8. The maximum atomic E-state index is 13.1. The van der Waals surface area contributed by atoms with Crippen molar-refractivity contribution in [3.63, 3.8) is 0 Å². The molecule has 3 aromatic rings. The summed E-state index contributed by atoms with van der Waals surface area (Å²) in [5.41, 5.74) is 0.225. The molecule has 110 valence electrons. The molecule has 0 aliphatic carbocycles.